The maximum atomic E-state index is 6.10. The van der Waals surface area contributed by atoms with E-state index >= 15 is 0 Å². The van der Waals surface area contributed by atoms with E-state index < -0.39 is 0 Å². The Morgan fingerprint density at radius 1 is 1.07 bits per heavy atom. The standard InChI is InChI=1S/C25H36.C2H6/c1-8-22(4)12-11-20-24(6)14-10-19-15-17(2)9-13-23(19,5)21(24)18(3)16-25(20,22)7;1-2/h1,15,18,20-21H,2,9-14,16H2,3-7H3;1-2H3/t18-,20-,21+,22+,23-,24-,25-;/m0./s1. The lowest BCUT2D eigenvalue weighted by Crippen LogP contribution is -2.60. The molecule has 0 heteroatoms. The number of terminal acetylenes is 1. The molecule has 4 rings (SSSR count). The molecule has 7 atom stereocenters. The lowest BCUT2D eigenvalue weighted by Gasteiger charge is -2.66. The van der Waals surface area contributed by atoms with Crippen molar-refractivity contribution in [1.82, 2.24) is 0 Å². The summed E-state index contributed by atoms with van der Waals surface area (Å²) in [7, 11) is 0. The third-order valence-corrected chi connectivity index (χ3v) is 9.80. The van der Waals surface area contributed by atoms with Gasteiger partial charge in [-0.2, -0.15) is 0 Å². The second kappa shape index (κ2) is 6.54. The predicted molar refractivity (Wildman–Crippen MR) is 118 cm³/mol. The Kier molecular flexibility index (Phi) is 5.03. The van der Waals surface area contributed by atoms with Gasteiger partial charge in [0.05, 0.1) is 0 Å². The van der Waals surface area contributed by atoms with Crippen LogP contribution in [0, 0.1) is 51.8 Å². The van der Waals surface area contributed by atoms with Gasteiger partial charge >= 0.3 is 0 Å². The summed E-state index contributed by atoms with van der Waals surface area (Å²) in [6, 6.07) is 0. The van der Waals surface area contributed by atoms with Crippen molar-refractivity contribution in [3.05, 3.63) is 23.8 Å². The van der Waals surface area contributed by atoms with Crippen LogP contribution in [0.25, 0.3) is 0 Å². The summed E-state index contributed by atoms with van der Waals surface area (Å²) >= 11 is 0. The van der Waals surface area contributed by atoms with Crippen LogP contribution in [-0.2, 0) is 0 Å². The molecule has 0 aromatic carbocycles. The third kappa shape index (κ3) is 2.56. The lowest BCUT2D eigenvalue weighted by molar-refractivity contribution is -0.150. The topological polar surface area (TPSA) is 0 Å². The minimum absolute atomic E-state index is 0.0811. The van der Waals surface area contributed by atoms with E-state index in [1.165, 1.54) is 50.5 Å². The Morgan fingerprint density at radius 3 is 2.37 bits per heavy atom. The van der Waals surface area contributed by atoms with Crippen molar-refractivity contribution >= 4 is 0 Å². The van der Waals surface area contributed by atoms with Crippen molar-refractivity contribution in [2.75, 3.05) is 0 Å². The van der Waals surface area contributed by atoms with Gasteiger partial charge in [-0.1, -0.05) is 71.3 Å². The summed E-state index contributed by atoms with van der Waals surface area (Å²) in [5.74, 6) is 5.59. The second-order valence-corrected chi connectivity index (χ2v) is 10.9. The first kappa shape index (κ1) is 20.8. The van der Waals surface area contributed by atoms with Gasteiger partial charge in [-0.15, -0.1) is 6.42 Å². The van der Waals surface area contributed by atoms with Crippen LogP contribution in [0.1, 0.15) is 93.4 Å². The van der Waals surface area contributed by atoms with Crippen LogP contribution in [0.4, 0.5) is 0 Å². The van der Waals surface area contributed by atoms with Crippen LogP contribution in [0.5, 0.6) is 0 Å². The minimum Gasteiger partial charge on any atom is -0.120 e. The van der Waals surface area contributed by atoms with Crippen molar-refractivity contribution in [3.63, 3.8) is 0 Å². The van der Waals surface area contributed by atoms with Crippen LogP contribution in [0.3, 0.4) is 0 Å². The molecule has 0 bridgehead atoms. The summed E-state index contributed by atoms with van der Waals surface area (Å²) < 4.78 is 0. The summed E-state index contributed by atoms with van der Waals surface area (Å²) in [6.45, 7) is 21.0. The molecule has 150 valence electrons. The van der Waals surface area contributed by atoms with Crippen LogP contribution < -0.4 is 0 Å². The average molecular weight is 367 g/mol. The van der Waals surface area contributed by atoms with Gasteiger partial charge in [-0.25, -0.2) is 0 Å². The fourth-order valence-corrected chi connectivity index (χ4v) is 8.60. The minimum atomic E-state index is 0.0811. The molecule has 0 heterocycles. The number of hydrogen-bond donors (Lipinski definition) is 0. The van der Waals surface area contributed by atoms with Crippen molar-refractivity contribution in [2.45, 2.75) is 93.4 Å². The predicted octanol–water partition coefficient (Wildman–Crippen LogP) is 7.81. The number of rotatable bonds is 0. The Balaban J connectivity index is 0.00000102. The highest BCUT2D eigenvalue weighted by Gasteiger charge is 2.68. The third-order valence-electron chi connectivity index (χ3n) is 9.80. The van der Waals surface area contributed by atoms with Gasteiger partial charge < -0.3 is 0 Å². The van der Waals surface area contributed by atoms with Gasteiger partial charge in [0, 0.05) is 5.41 Å². The van der Waals surface area contributed by atoms with Crippen LogP contribution in [-0.4, -0.2) is 0 Å². The fraction of sp³-hybridized carbons (Fsp3) is 0.778. The molecule has 0 saturated heterocycles. The maximum absolute atomic E-state index is 6.10. The van der Waals surface area contributed by atoms with Crippen molar-refractivity contribution in [3.8, 4) is 12.3 Å². The van der Waals surface area contributed by atoms with Gasteiger partial charge in [-0.05, 0) is 85.9 Å². The van der Waals surface area contributed by atoms with E-state index in [1.54, 1.807) is 5.57 Å². The molecule has 0 radical (unpaired) electrons. The molecule has 4 aliphatic carbocycles. The molecule has 0 unspecified atom stereocenters. The zero-order valence-electron chi connectivity index (χ0n) is 19.0. The van der Waals surface area contributed by atoms with Gasteiger partial charge in [0.25, 0.3) is 0 Å². The van der Waals surface area contributed by atoms with E-state index in [1.807, 2.05) is 13.8 Å². The van der Waals surface area contributed by atoms with Crippen LogP contribution >= 0.6 is 0 Å². The summed E-state index contributed by atoms with van der Waals surface area (Å²) in [5.41, 5.74) is 4.26. The molecule has 27 heavy (non-hydrogen) atoms. The smallest absolute Gasteiger partial charge is 0.0340 e. The molecule has 0 amide bonds. The van der Waals surface area contributed by atoms with E-state index in [4.69, 9.17) is 6.42 Å². The fourth-order valence-electron chi connectivity index (χ4n) is 8.60. The molecule has 0 aromatic rings. The van der Waals surface area contributed by atoms with Gasteiger partial charge in [0.2, 0.25) is 0 Å². The number of hydrogen-bond acceptors (Lipinski definition) is 0. The van der Waals surface area contributed by atoms with Gasteiger partial charge in [-0.3, -0.25) is 0 Å². The Labute approximate surface area is 169 Å². The van der Waals surface area contributed by atoms with Crippen molar-refractivity contribution in [1.29, 1.82) is 0 Å². The first-order valence-corrected chi connectivity index (χ1v) is 11.5. The van der Waals surface area contributed by atoms with Gasteiger partial charge in [0.15, 0.2) is 0 Å². The van der Waals surface area contributed by atoms with E-state index in [9.17, 15) is 0 Å². The van der Waals surface area contributed by atoms with E-state index in [2.05, 4.69) is 53.2 Å². The van der Waals surface area contributed by atoms with E-state index in [0.29, 0.717) is 16.2 Å². The molecule has 0 nitrogen and oxygen atoms in total. The molecule has 0 N–H and O–H groups in total. The molecular weight excluding hydrogens is 324 g/mol. The largest absolute Gasteiger partial charge is 0.120 e. The van der Waals surface area contributed by atoms with Crippen LogP contribution in [0.2, 0.25) is 0 Å². The lowest BCUT2D eigenvalue weighted by atomic mass is 9.38. The van der Waals surface area contributed by atoms with Crippen molar-refractivity contribution < 1.29 is 0 Å². The highest BCUT2D eigenvalue weighted by Crippen LogP contribution is 2.75. The second-order valence-electron chi connectivity index (χ2n) is 10.9. The SMILES string of the molecule is C#C[C@]1(C)CC[C@H]2[C@]3(C)CCC4=CC(=C)CC[C@]4(C)[C@H]3[C@@H](C)C[C@@]21C.CC. The number of allylic oxidation sites excluding steroid dienone is 3. The summed E-state index contributed by atoms with van der Waals surface area (Å²) in [4.78, 5) is 0. The zero-order valence-corrected chi connectivity index (χ0v) is 19.0. The highest BCUT2D eigenvalue weighted by atomic mass is 14.7. The maximum Gasteiger partial charge on any atom is 0.0340 e. The molecule has 0 aliphatic heterocycles. The molecular formula is C27H42. The molecule has 4 aliphatic rings. The Morgan fingerprint density at radius 2 is 1.74 bits per heavy atom. The van der Waals surface area contributed by atoms with E-state index in [-0.39, 0.29) is 5.41 Å². The van der Waals surface area contributed by atoms with Crippen molar-refractivity contribution in [2.24, 2.45) is 39.4 Å². The molecule has 3 fully saturated rings. The van der Waals surface area contributed by atoms with E-state index in [0.717, 1.165) is 17.8 Å². The summed E-state index contributed by atoms with van der Waals surface area (Å²) in [5, 5.41) is 0. The first-order chi connectivity index (χ1) is 12.6. The number of fused-ring (bicyclic) bond motifs is 5. The summed E-state index contributed by atoms with van der Waals surface area (Å²) in [6.07, 6.45) is 17.5. The average Bonchev–Trinajstić information content (AvgIpc) is 2.89. The highest BCUT2D eigenvalue weighted by molar-refractivity contribution is 5.35. The molecule has 0 spiro atoms. The normalized spacial score (nSPS) is 51.0. The quantitative estimate of drug-likeness (QED) is 0.383. The van der Waals surface area contributed by atoms with Gasteiger partial charge in [0.1, 0.15) is 0 Å². The van der Waals surface area contributed by atoms with Crippen LogP contribution in [0.15, 0.2) is 23.8 Å². The first-order valence-electron chi connectivity index (χ1n) is 11.5. The zero-order chi connectivity index (χ0) is 20.3. The monoisotopic (exact) mass is 366 g/mol. The Hall–Kier alpha value is -0.960. The molecule has 0 aromatic heterocycles. The Bertz CT molecular complexity index is 689. The molecule has 3 saturated carbocycles.